The lowest BCUT2D eigenvalue weighted by molar-refractivity contribution is 0.0398. The number of hydrogen-bond donors (Lipinski definition) is 3. The molecule has 1 aromatic carbocycles. The summed E-state index contributed by atoms with van der Waals surface area (Å²) in [5, 5.41) is 13.2. The van der Waals surface area contributed by atoms with Gasteiger partial charge in [-0.15, -0.1) is 4.91 Å². The number of morpholine rings is 1. The number of anilines is 3. The van der Waals surface area contributed by atoms with Crippen LogP contribution in [-0.2, 0) is 10.3 Å². The van der Waals surface area contributed by atoms with Gasteiger partial charge in [0, 0.05) is 37.4 Å². The van der Waals surface area contributed by atoms with Gasteiger partial charge in [0.1, 0.15) is 5.82 Å². The summed E-state index contributed by atoms with van der Waals surface area (Å²) < 4.78 is 5.38. The van der Waals surface area contributed by atoms with E-state index in [0.717, 1.165) is 63.7 Å². The van der Waals surface area contributed by atoms with Crippen molar-refractivity contribution in [2.75, 3.05) is 50.0 Å². The molecule has 1 saturated heterocycles. The second-order valence-electron chi connectivity index (χ2n) is 7.92. The van der Waals surface area contributed by atoms with Crippen LogP contribution in [0.3, 0.4) is 0 Å². The molecule has 0 amide bonds. The van der Waals surface area contributed by atoms with E-state index in [0.29, 0.717) is 11.5 Å². The molecule has 8 nitrogen and oxygen atoms in total. The van der Waals surface area contributed by atoms with Crippen molar-refractivity contribution in [1.29, 1.82) is 0 Å². The van der Waals surface area contributed by atoms with Gasteiger partial charge in [0.25, 0.3) is 0 Å². The highest BCUT2D eigenvalue weighted by Crippen LogP contribution is 2.41. The van der Waals surface area contributed by atoms with Crippen molar-refractivity contribution in [3.8, 4) is 0 Å². The zero-order chi connectivity index (χ0) is 20.8. The fourth-order valence-corrected chi connectivity index (χ4v) is 4.11. The van der Waals surface area contributed by atoms with Gasteiger partial charge in [0.2, 0.25) is 0 Å². The molecule has 1 aliphatic heterocycles. The number of hydrogen-bond acceptors (Lipinski definition) is 8. The Hall–Kier alpha value is -2.49. The Balaban J connectivity index is 1.40. The monoisotopic (exact) mass is 408 g/mol. The molecule has 0 atom stereocenters. The van der Waals surface area contributed by atoms with E-state index in [2.05, 4.69) is 43.1 Å². The summed E-state index contributed by atoms with van der Waals surface area (Å²) in [6.07, 6.45) is 3.58. The van der Waals surface area contributed by atoms with Crippen molar-refractivity contribution in [3.05, 3.63) is 46.9 Å². The highest BCUT2D eigenvalue weighted by Gasteiger charge is 2.36. The fourth-order valence-electron chi connectivity index (χ4n) is 4.11. The van der Waals surface area contributed by atoms with Crippen LogP contribution in [0.25, 0.3) is 0 Å². The number of pyridine rings is 1. The molecule has 0 unspecified atom stereocenters. The van der Waals surface area contributed by atoms with Crippen LogP contribution >= 0.6 is 0 Å². The van der Waals surface area contributed by atoms with E-state index in [4.69, 9.17) is 4.74 Å². The van der Waals surface area contributed by atoms with E-state index >= 15 is 0 Å². The summed E-state index contributed by atoms with van der Waals surface area (Å²) in [5.74, 6) is 1.18. The summed E-state index contributed by atoms with van der Waals surface area (Å²) in [4.78, 5) is 18.2. The zero-order valence-electron chi connectivity index (χ0n) is 17.5. The quantitative estimate of drug-likeness (QED) is 0.434. The molecule has 2 fully saturated rings. The van der Waals surface area contributed by atoms with Gasteiger partial charge in [0.05, 0.1) is 13.2 Å². The molecular formula is C21H29BN6O2. The van der Waals surface area contributed by atoms with Crippen LogP contribution < -0.4 is 15.9 Å². The number of nitrogens with one attached hydrogen (secondary N) is 3. The van der Waals surface area contributed by atoms with Crippen molar-refractivity contribution >= 4 is 31.0 Å². The third-order valence-corrected chi connectivity index (χ3v) is 6.20. The zero-order valence-corrected chi connectivity index (χ0v) is 17.5. The molecule has 0 spiro atoms. The number of ether oxygens (including phenoxy) is 1. The number of benzene rings is 1. The van der Waals surface area contributed by atoms with E-state index in [1.807, 2.05) is 20.1 Å². The van der Waals surface area contributed by atoms with Crippen molar-refractivity contribution in [1.82, 2.24) is 15.1 Å². The number of rotatable bonds is 9. The van der Waals surface area contributed by atoms with E-state index < -0.39 is 0 Å². The Kier molecular flexibility index (Phi) is 6.61. The maximum absolute atomic E-state index is 11.2. The van der Waals surface area contributed by atoms with Crippen LogP contribution in [0.5, 0.6) is 0 Å². The molecule has 1 saturated carbocycles. The molecular weight excluding hydrogens is 379 g/mol. The molecule has 30 heavy (non-hydrogen) atoms. The molecule has 0 radical (unpaired) electrons. The first-order valence-corrected chi connectivity index (χ1v) is 10.7. The Bertz CT molecular complexity index is 848. The van der Waals surface area contributed by atoms with E-state index in [9.17, 15) is 4.91 Å². The van der Waals surface area contributed by atoms with Gasteiger partial charge in [-0.05, 0) is 54.3 Å². The minimum absolute atomic E-state index is 0.108. The first-order valence-electron chi connectivity index (χ1n) is 10.7. The standard InChI is InChI=1S/C21H29BN6O2/c22-27-21(8-1-9-21)16-2-4-17(5-3-16)24-20-18(26-29)6-7-19(25-20)23-10-11-28-12-14-30-15-13-28/h2-7,27H,1,8-15,22H2,(H2,23,24,25). The minimum Gasteiger partial charge on any atom is -0.379 e. The molecule has 2 aliphatic rings. The van der Waals surface area contributed by atoms with Gasteiger partial charge in [-0.25, -0.2) is 4.98 Å². The van der Waals surface area contributed by atoms with Gasteiger partial charge in [0.15, 0.2) is 19.5 Å². The Morgan fingerprint density at radius 1 is 1.13 bits per heavy atom. The molecule has 2 aromatic rings. The summed E-state index contributed by atoms with van der Waals surface area (Å²) in [5.41, 5.74) is 2.58. The minimum atomic E-state index is 0.108. The predicted molar refractivity (Wildman–Crippen MR) is 122 cm³/mol. The van der Waals surface area contributed by atoms with Gasteiger partial charge < -0.3 is 20.6 Å². The first kappa shape index (κ1) is 20.8. The normalized spacial score (nSPS) is 18.4. The summed E-state index contributed by atoms with van der Waals surface area (Å²) in [6.45, 7) is 5.21. The van der Waals surface area contributed by atoms with Crippen molar-refractivity contribution < 1.29 is 4.74 Å². The van der Waals surface area contributed by atoms with Gasteiger partial charge in [-0.3, -0.25) is 4.90 Å². The largest absolute Gasteiger partial charge is 0.379 e. The van der Waals surface area contributed by atoms with Crippen molar-refractivity contribution in [3.63, 3.8) is 0 Å². The average molecular weight is 408 g/mol. The van der Waals surface area contributed by atoms with E-state index in [1.54, 1.807) is 12.1 Å². The Morgan fingerprint density at radius 3 is 2.53 bits per heavy atom. The van der Waals surface area contributed by atoms with E-state index in [-0.39, 0.29) is 5.54 Å². The number of nitrogens with zero attached hydrogens (tertiary/aromatic N) is 3. The smallest absolute Gasteiger partial charge is 0.182 e. The lowest BCUT2D eigenvalue weighted by Gasteiger charge is -2.43. The van der Waals surface area contributed by atoms with Crippen molar-refractivity contribution in [2.45, 2.75) is 24.8 Å². The molecule has 1 aliphatic carbocycles. The highest BCUT2D eigenvalue weighted by molar-refractivity contribution is 6.05. The summed E-state index contributed by atoms with van der Waals surface area (Å²) >= 11 is 0. The average Bonchev–Trinajstić information content (AvgIpc) is 2.76. The number of aromatic nitrogens is 1. The van der Waals surface area contributed by atoms with Gasteiger partial charge in [-0.2, -0.15) is 0 Å². The van der Waals surface area contributed by atoms with Crippen LogP contribution in [0.2, 0.25) is 0 Å². The molecule has 9 heteroatoms. The molecule has 158 valence electrons. The third kappa shape index (κ3) is 4.64. The lowest BCUT2D eigenvalue weighted by Crippen LogP contribution is -2.46. The van der Waals surface area contributed by atoms with Gasteiger partial charge >= 0.3 is 0 Å². The first-order chi connectivity index (χ1) is 14.7. The molecule has 2 heterocycles. The van der Waals surface area contributed by atoms with Crippen LogP contribution in [0.1, 0.15) is 24.8 Å². The molecule has 3 N–H and O–H groups in total. The predicted octanol–water partition coefficient (Wildman–Crippen LogP) is 2.48. The van der Waals surface area contributed by atoms with Crippen LogP contribution in [0, 0.1) is 4.91 Å². The molecule has 1 aromatic heterocycles. The Morgan fingerprint density at radius 2 is 1.90 bits per heavy atom. The molecule has 4 rings (SSSR count). The second-order valence-corrected chi connectivity index (χ2v) is 7.92. The van der Waals surface area contributed by atoms with Crippen molar-refractivity contribution in [2.24, 2.45) is 5.18 Å². The van der Waals surface area contributed by atoms with E-state index in [1.165, 1.54) is 12.0 Å². The van der Waals surface area contributed by atoms with Crippen LogP contribution in [0.4, 0.5) is 23.0 Å². The topological polar surface area (TPSA) is 90.9 Å². The number of nitroso groups, excluding NO2 is 1. The third-order valence-electron chi connectivity index (χ3n) is 6.20. The fraction of sp³-hybridized carbons (Fsp3) is 0.476. The van der Waals surface area contributed by atoms with Crippen LogP contribution in [-0.4, -0.2) is 57.3 Å². The highest BCUT2D eigenvalue weighted by atomic mass is 16.5. The SMILES string of the molecule is BNC1(c2ccc(Nc3nc(NCCN4CCOCC4)ccc3N=O)cc2)CCC1. The molecule has 0 bridgehead atoms. The Labute approximate surface area is 178 Å². The maximum atomic E-state index is 11.2. The summed E-state index contributed by atoms with van der Waals surface area (Å²) in [6, 6.07) is 11.8. The second kappa shape index (κ2) is 9.55. The van der Waals surface area contributed by atoms with Gasteiger partial charge in [-0.1, -0.05) is 12.1 Å². The summed E-state index contributed by atoms with van der Waals surface area (Å²) in [7, 11) is 2.02. The maximum Gasteiger partial charge on any atom is 0.182 e. The van der Waals surface area contributed by atoms with Crippen LogP contribution in [0.15, 0.2) is 41.6 Å². The lowest BCUT2D eigenvalue weighted by atomic mass is 9.71.